The molecular formula is C26H30N4O. The predicted molar refractivity (Wildman–Crippen MR) is 126 cm³/mol. The highest BCUT2D eigenvalue weighted by molar-refractivity contribution is 5.91. The molecule has 0 radical (unpaired) electrons. The third-order valence-electron chi connectivity index (χ3n) is 5.73. The summed E-state index contributed by atoms with van der Waals surface area (Å²) < 4.78 is 0. The molecule has 3 aromatic rings. The number of nitrogens with one attached hydrogen (secondary N) is 1. The van der Waals surface area contributed by atoms with Crippen LogP contribution in [-0.4, -0.2) is 29.2 Å². The molecule has 160 valence electrons. The van der Waals surface area contributed by atoms with E-state index in [1.54, 1.807) is 0 Å². The van der Waals surface area contributed by atoms with Crippen LogP contribution in [0.4, 0.5) is 11.5 Å². The first kappa shape index (κ1) is 21.0. The van der Waals surface area contributed by atoms with Crippen LogP contribution in [-0.2, 0) is 11.2 Å². The van der Waals surface area contributed by atoms with Crippen LogP contribution in [0.15, 0.2) is 66.7 Å². The van der Waals surface area contributed by atoms with E-state index in [1.807, 2.05) is 48.5 Å². The third kappa shape index (κ3) is 6.14. The van der Waals surface area contributed by atoms with Crippen molar-refractivity contribution in [2.75, 3.05) is 23.3 Å². The fourth-order valence-corrected chi connectivity index (χ4v) is 4.03. The van der Waals surface area contributed by atoms with E-state index < -0.39 is 0 Å². The van der Waals surface area contributed by atoms with Crippen molar-refractivity contribution in [2.24, 2.45) is 0 Å². The quantitative estimate of drug-likeness (QED) is 0.556. The number of nitrogens with zero attached hydrogens (tertiary/aromatic N) is 3. The number of aromatic nitrogens is 2. The van der Waals surface area contributed by atoms with Crippen molar-refractivity contribution >= 4 is 17.4 Å². The standard InChI is InChI=1S/C26H30N4O/c31-26(15-8-12-21-10-4-3-5-11-21)27-23-14-9-13-22(20-23)24-16-17-25(29-28-24)30-18-6-1-2-7-19-30/h3-5,9-11,13-14,16-17,20H,1-2,6-8,12,15,18-19H2,(H,27,31). The average molecular weight is 415 g/mol. The summed E-state index contributed by atoms with van der Waals surface area (Å²) in [4.78, 5) is 14.7. The summed E-state index contributed by atoms with van der Waals surface area (Å²) in [5.74, 6) is 0.990. The monoisotopic (exact) mass is 414 g/mol. The van der Waals surface area contributed by atoms with E-state index >= 15 is 0 Å². The van der Waals surface area contributed by atoms with Crippen LogP contribution in [0.1, 0.15) is 44.1 Å². The zero-order valence-corrected chi connectivity index (χ0v) is 18.0. The van der Waals surface area contributed by atoms with E-state index in [0.717, 1.165) is 48.7 Å². The van der Waals surface area contributed by atoms with E-state index in [-0.39, 0.29) is 5.91 Å². The van der Waals surface area contributed by atoms with Crippen molar-refractivity contribution < 1.29 is 4.79 Å². The number of rotatable bonds is 7. The molecule has 0 spiro atoms. The zero-order valence-electron chi connectivity index (χ0n) is 18.0. The molecule has 0 atom stereocenters. The van der Waals surface area contributed by atoms with Gasteiger partial charge in [0, 0.05) is 30.8 Å². The van der Waals surface area contributed by atoms with Gasteiger partial charge in [0.1, 0.15) is 0 Å². The minimum atomic E-state index is 0.0377. The maximum atomic E-state index is 12.4. The van der Waals surface area contributed by atoms with Gasteiger partial charge in [-0.25, -0.2) is 0 Å². The van der Waals surface area contributed by atoms with Crippen molar-refractivity contribution in [2.45, 2.75) is 44.9 Å². The lowest BCUT2D eigenvalue weighted by Crippen LogP contribution is -2.25. The average Bonchev–Trinajstić information content (AvgIpc) is 3.10. The number of anilines is 2. The number of hydrogen-bond donors (Lipinski definition) is 1. The van der Waals surface area contributed by atoms with Gasteiger partial charge in [-0.15, -0.1) is 10.2 Å². The smallest absolute Gasteiger partial charge is 0.224 e. The Hall–Kier alpha value is -3.21. The summed E-state index contributed by atoms with van der Waals surface area (Å²) in [7, 11) is 0. The van der Waals surface area contributed by atoms with E-state index in [4.69, 9.17) is 0 Å². The van der Waals surface area contributed by atoms with Gasteiger partial charge in [0.15, 0.2) is 5.82 Å². The molecule has 0 unspecified atom stereocenters. The van der Waals surface area contributed by atoms with Crippen LogP contribution in [0.3, 0.4) is 0 Å². The summed E-state index contributed by atoms with van der Waals surface area (Å²) in [5.41, 5.74) is 3.83. The summed E-state index contributed by atoms with van der Waals surface area (Å²) in [5, 5.41) is 11.9. The lowest BCUT2D eigenvalue weighted by Gasteiger charge is -2.20. The van der Waals surface area contributed by atoms with Gasteiger partial charge in [0.25, 0.3) is 0 Å². The Morgan fingerprint density at radius 3 is 2.42 bits per heavy atom. The van der Waals surface area contributed by atoms with Crippen molar-refractivity contribution in [1.29, 1.82) is 0 Å². The van der Waals surface area contributed by atoms with Gasteiger partial charge < -0.3 is 10.2 Å². The van der Waals surface area contributed by atoms with Gasteiger partial charge in [-0.1, -0.05) is 55.3 Å². The topological polar surface area (TPSA) is 58.1 Å². The fourth-order valence-electron chi connectivity index (χ4n) is 4.03. The van der Waals surface area contributed by atoms with Crippen LogP contribution >= 0.6 is 0 Å². The molecule has 0 saturated carbocycles. The van der Waals surface area contributed by atoms with Gasteiger partial charge in [0.05, 0.1) is 5.69 Å². The van der Waals surface area contributed by atoms with Crippen LogP contribution in [0.25, 0.3) is 11.3 Å². The van der Waals surface area contributed by atoms with Gasteiger partial charge in [-0.3, -0.25) is 4.79 Å². The van der Waals surface area contributed by atoms with Crippen LogP contribution < -0.4 is 10.2 Å². The number of aryl methyl sites for hydroxylation is 1. The first-order chi connectivity index (χ1) is 15.3. The maximum Gasteiger partial charge on any atom is 0.224 e. The number of hydrogen-bond acceptors (Lipinski definition) is 4. The molecular weight excluding hydrogens is 384 g/mol. The van der Waals surface area contributed by atoms with Crippen LogP contribution in [0.5, 0.6) is 0 Å². The Labute approximate surface area is 184 Å². The number of carbonyl (C=O) groups excluding carboxylic acids is 1. The second-order valence-corrected chi connectivity index (χ2v) is 8.15. The minimum Gasteiger partial charge on any atom is -0.355 e. The van der Waals surface area contributed by atoms with E-state index in [0.29, 0.717) is 6.42 Å². The largest absolute Gasteiger partial charge is 0.355 e. The number of benzene rings is 2. The molecule has 5 heteroatoms. The van der Waals surface area contributed by atoms with Gasteiger partial charge in [0.2, 0.25) is 5.91 Å². The van der Waals surface area contributed by atoms with Gasteiger partial charge >= 0.3 is 0 Å². The summed E-state index contributed by atoms with van der Waals surface area (Å²) in [6.45, 7) is 2.11. The highest BCUT2D eigenvalue weighted by Crippen LogP contribution is 2.23. The Morgan fingerprint density at radius 2 is 1.68 bits per heavy atom. The first-order valence-corrected chi connectivity index (χ1v) is 11.3. The molecule has 2 heterocycles. The highest BCUT2D eigenvalue weighted by atomic mass is 16.1. The Morgan fingerprint density at radius 1 is 0.871 bits per heavy atom. The summed E-state index contributed by atoms with van der Waals surface area (Å²) in [6, 6.07) is 22.2. The molecule has 4 rings (SSSR count). The van der Waals surface area contributed by atoms with E-state index in [1.165, 1.54) is 31.2 Å². The Balaban J connectivity index is 1.33. The summed E-state index contributed by atoms with van der Waals surface area (Å²) >= 11 is 0. The molecule has 1 fully saturated rings. The number of carbonyl (C=O) groups is 1. The Kier molecular flexibility index (Phi) is 7.27. The lowest BCUT2D eigenvalue weighted by atomic mass is 10.1. The molecule has 0 bridgehead atoms. The van der Waals surface area contributed by atoms with E-state index in [9.17, 15) is 4.79 Å². The molecule has 2 aromatic carbocycles. The summed E-state index contributed by atoms with van der Waals surface area (Å²) in [6.07, 6.45) is 7.28. The van der Waals surface area contributed by atoms with Gasteiger partial charge in [-0.2, -0.15) is 0 Å². The molecule has 1 aliphatic rings. The molecule has 1 aliphatic heterocycles. The molecule has 1 amide bonds. The van der Waals surface area contributed by atoms with E-state index in [2.05, 4.69) is 38.6 Å². The zero-order chi connectivity index (χ0) is 21.3. The van der Waals surface area contributed by atoms with Gasteiger partial charge in [-0.05, 0) is 55.5 Å². The predicted octanol–water partition coefficient (Wildman–Crippen LogP) is 5.49. The van der Waals surface area contributed by atoms with Crippen molar-refractivity contribution in [1.82, 2.24) is 10.2 Å². The molecule has 1 N–H and O–H groups in total. The molecule has 0 aliphatic carbocycles. The third-order valence-corrected chi connectivity index (χ3v) is 5.73. The SMILES string of the molecule is O=C(CCCc1ccccc1)Nc1cccc(-c2ccc(N3CCCCCC3)nn2)c1. The molecule has 31 heavy (non-hydrogen) atoms. The molecule has 1 saturated heterocycles. The molecule has 1 aromatic heterocycles. The van der Waals surface area contributed by atoms with Crippen LogP contribution in [0.2, 0.25) is 0 Å². The van der Waals surface area contributed by atoms with Crippen molar-refractivity contribution in [3.05, 3.63) is 72.3 Å². The normalized spacial score (nSPS) is 14.1. The second kappa shape index (κ2) is 10.7. The maximum absolute atomic E-state index is 12.4. The molecule has 5 nitrogen and oxygen atoms in total. The second-order valence-electron chi connectivity index (χ2n) is 8.15. The number of amides is 1. The highest BCUT2D eigenvalue weighted by Gasteiger charge is 2.12. The van der Waals surface area contributed by atoms with Crippen LogP contribution in [0, 0.1) is 0 Å². The minimum absolute atomic E-state index is 0.0377. The Bertz CT molecular complexity index is 964. The lowest BCUT2D eigenvalue weighted by molar-refractivity contribution is -0.116. The van der Waals surface area contributed by atoms with Crippen molar-refractivity contribution in [3.8, 4) is 11.3 Å². The van der Waals surface area contributed by atoms with Crippen molar-refractivity contribution in [3.63, 3.8) is 0 Å². The first-order valence-electron chi connectivity index (χ1n) is 11.3. The fraction of sp³-hybridized carbons (Fsp3) is 0.346.